The SMILES string of the molecule is O=C(NCc1ccc2c(c1)OCO2)[C@@H]1CCC(=O)N1Cc1ccco1. The van der Waals surface area contributed by atoms with Crippen molar-refractivity contribution in [3.8, 4) is 11.5 Å². The second kappa shape index (κ2) is 6.51. The lowest BCUT2D eigenvalue weighted by molar-refractivity contribution is -0.136. The maximum atomic E-state index is 12.5. The summed E-state index contributed by atoms with van der Waals surface area (Å²) < 4.78 is 15.9. The highest BCUT2D eigenvalue weighted by atomic mass is 16.7. The molecule has 1 aromatic heterocycles. The molecule has 0 bridgehead atoms. The summed E-state index contributed by atoms with van der Waals surface area (Å²) in [5.41, 5.74) is 0.916. The van der Waals surface area contributed by atoms with Crippen LogP contribution in [-0.2, 0) is 22.7 Å². The predicted molar refractivity (Wildman–Crippen MR) is 86.7 cm³/mol. The molecular formula is C18H18N2O5. The first-order valence-corrected chi connectivity index (χ1v) is 8.19. The fraction of sp³-hybridized carbons (Fsp3) is 0.333. The number of benzene rings is 1. The fourth-order valence-electron chi connectivity index (χ4n) is 3.13. The van der Waals surface area contributed by atoms with Crippen molar-refractivity contribution in [2.75, 3.05) is 6.79 Å². The van der Waals surface area contributed by atoms with Crippen LogP contribution >= 0.6 is 0 Å². The smallest absolute Gasteiger partial charge is 0.243 e. The van der Waals surface area contributed by atoms with Crippen LogP contribution in [0.25, 0.3) is 0 Å². The molecule has 3 heterocycles. The van der Waals surface area contributed by atoms with E-state index in [0.29, 0.717) is 43.2 Å². The highest BCUT2D eigenvalue weighted by Crippen LogP contribution is 2.32. The molecule has 1 aromatic carbocycles. The van der Waals surface area contributed by atoms with Crippen LogP contribution in [0.1, 0.15) is 24.2 Å². The molecule has 0 spiro atoms. The van der Waals surface area contributed by atoms with E-state index in [4.69, 9.17) is 13.9 Å². The van der Waals surface area contributed by atoms with Gasteiger partial charge in [0.25, 0.3) is 0 Å². The first kappa shape index (κ1) is 15.6. The largest absolute Gasteiger partial charge is 0.467 e. The zero-order chi connectivity index (χ0) is 17.2. The Hall–Kier alpha value is -2.96. The first-order chi connectivity index (χ1) is 12.2. The quantitative estimate of drug-likeness (QED) is 0.896. The molecular weight excluding hydrogens is 324 g/mol. The minimum Gasteiger partial charge on any atom is -0.467 e. The molecule has 0 aliphatic carbocycles. The monoisotopic (exact) mass is 342 g/mol. The van der Waals surface area contributed by atoms with E-state index in [9.17, 15) is 9.59 Å². The summed E-state index contributed by atoms with van der Waals surface area (Å²) in [5.74, 6) is 1.88. The van der Waals surface area contributed by atoms with Gasteiger partial charge in [-0.05, 0) is 36.2 Å². The van der Waals surface area contributed by atoms with E-state index in [1.54, 1.807) is 23.3 Å². The molecule has 1 saturated heterocycles. The van der Waals surface area contributed by atoms with Gasteiger partial charge in [0.2, 0.25) is 18.6 Å². The zero-order valence-electron chi connectivity index (χ0n) is 13.6. The van der Waals surface area contributed by atoms with Crippen molar-refractivity contribution in [2.24, 2.45) is 0 Å². The van der Waals surface area contributed by atoms with Crippen molar-refractivity contribution < 1.29 is 23.5 Å². The third-order valence-electron chi connectivity index (χ3n) is 4.44. The Kier molecular flexibility index (Phi) is 4.05. The van der Waals surface area contributed by atoms with Gasteiger partial charge in [0.15, 0.2) is 11.5 Å². The van der Waals surface area contributed by atoms with Gasteiger partial charge in [-0.2, -0.15) is 0 Å². The molecule has 1 N–H and O–H groups in total. The highest BCUT2D eigenvalue weighted by Gasteiger charge is 2.36. The number of carbonyl (C=O) groups excluding carboxylic acids is 2. The number of rotatable bonds is 5. The second-order valence-electron chi connectivity index (χ2n) is 6.06. The number of nitrogens with zero attached hydrogens (tertiary/aromatic N) is 1. The molecule has 7 heteroatoms. The van der Waals surface area contributed by atoms with Crippen LogP contribution in [0.3, 0.4) is 0 Å². The molecule has 2 amide bonds. The van der Waals surface area contributed by atoms with Gasteiger partial charge in [-0.15, -0.1) is 0 Å². The molecule has 2 aliphatic heterocycles. The zero-order valence-corrected chi connectivity index (χ0v) is 13.6. The van der Waals surface area contributed by atoms with Crippen LogP contribution in [0.2, 0.25) is 0 Å². The lowest BCUT2D eigenvalue weighted by Crippen LogP contribution is -2.44. The summed E-state index contributed by atoms with van der Waals surface area (Å²) in [4.78, 5) is 26.2. The average Bonchev–Trinajstić information content (AvgIpc) is 3.35. The van der Waals surface area contributed by atoms with Crippen molar-refractivity contribution in [3.63, 3.8) is 0 Å². The topological polar surface area (TPSA) is 81.0 Å². The van der Waals surface area contributed by atoms with E-state index in [0.717, 1.165) is 5.56 Å². The number of hydrogen-bond acceptors (Lipinski definition) is 5. The van der Waals surface area contributed by atoms with Crippen molar-refractivity contribution in [1.82, 2.24) is 10.2 Å². The summed E-state index contributed by atoms with van der Waals surface area (Å²) in [6, 6.07) is 8.66. The number of carbonyl (C=O) groups is 2. The Labute approximate surface area is 144 Å². The molecule has 2 aromatic rings. The number of amides is 2. The Morgan fingerprint density at radius 2 is 2.12 bits per heavy atom. The van der Waals surface area contributed by atoms with E-state index in [-0.39, 0.29) is 18.6 Å². The molecule has 0 unspecified atom stereocenters. The van der Waals surface area contributed by atoms with Gasteiger partial charge in [0.1, 0.15) is 11.8 Å². The van der Waals surface area contributed by atoms with Crippen LogP contribution < -0.4 is 14.8 Å². The standard InChI is InChI=1S/C18H18N2O5/c21-17-6-4-14(20(17)10-13-2-1-7-23-13)18(22)19-9-12-3-5-15-16(8-12)25-11-24-15/h1-3,5,7-8,14H,4,6,9-11H2,(H,19,22)/t14-/m0/s1. The lowest BCUT2D eigenvalue weighted by atomic mass is 10.1. The summed E-state index contributed by atoms with van der Waals surface area (Å²) in [5, 5.41) is 2.90. The molecule has 4 rings (SSSR count). The number of hydrogen-bond donors (Lipinski definition) is 1. The van der Waals surface area contributed by atoms with Gasteiger partial charge in [0, 0.05) is 13.0 Å². The second-order valence-corrected chi connectivity index (χ2v) is 6.06. The molecule has 25 heavy (non-hydrogen) atoms. The van der Waals surface area contributed by atoms with Gasteiger partial charge in [-0.3, -0.25) is 9.59 Å². The van der Waals surface area contributed by atoms with E-state index in [2.05, 4.69) is 5.32 Å². The normalized spacial score (nSPS) is 18.6. The van der Waals surface area contributed by atoms with Gasteiger partial charge in [0.05, 0.1) is 12.8 Å². The highest BCUT2D eigenvalue weighted by molar-refractivity contribution is 5.90. The van der Waals surface area contributed by atoms with Crippen LogP contribution in [0.15, 0.2) is 41.0 Å². The number of likely N-dealkylation sites (tertiary alicyclic amines) is 1. The van der Waals surface area contributed by atoms with E-state index >= 15 is 0 Å². The Morgan fingerprint density at radius 3 is 2.96 bits per heavy atom. The number of furan rings is 1. The minimum absolute atomic E-state index is 0.0281. The molecule has 1 fully saturated rings. The van der Waals surface area contributed by atoms with Gasteiger partial charge in [-0.1, -0.05) is 6.07 Å². The maximum absolute atomic E-state index is 12.5. The van der Waals surface area contributed by atoms with Crippen LogP contribution in [-0.4, -0.2) is 29.5 Å². The van der Waals surface area contributed by atoms with Crippen molar-refractivity contribution in [2.45, 2.75) is 32.0 Å². The maximum Gasteiger partial charge on any atom is 0.243 e. The third-order valence-corrected chi connectivity index (χ3v) is 4.44. The predicted octanol–water partition coefficient (Wildman–Crippen LogP) is 1.82. The number of fused-ring (bicyclic) bond motifs is 1. The van der Waals surface area contributed by atoms with Crippen LogP contribution in [0, 0.1) is 0 Å². The van der Waals surface area contributed by atoms with Crippen LogP contribution in [0.5, 0.6) is 11.5 Å². The molecule has 130 valence electrons. The third kappa shape index (κ3) is 3.17. The molecule has 0 saturated carbocycles. The summed E-state index contributed by atoms with van der Waals surface area (Å²) in [6.07, 6.45) is 2.46. The van der Waals surface area contributed by atoms with Gasteiger partial charge in [-0.25, -0.2) is 0 Å². The Morgan fingerprint density at radius 1 is 1.24 bits per heavy atom. The van der Waals surface area contributed by atoms with E-state index in [1.807, 2.05) is 18.2 Å². The number of ether oxygens (including phenoxy) is 2. The fourth-order valence-corrected chi connectivity index (χ4v) is 3.13. The molecule has 7 nitrogen and oxygen atoms in total. The lowest BCUT2D eigenvalue weighted by Gasteiger charge is -2.23. The Bertz CT molecular complexity index is 787. The van der Waals surface area contributed by atoms with Crippen molar-refractivity contribution in [3.05, 3.63) is 47.9 Å². The minimum atomic E-state index is -0.466. The van der Waals surface area contributed by atoms with E-state index in [1.165, 1.54) is 0 Å². The molecule has 1 atom stereocenters. The Balaban J connectivity index is 1.39. The molecule has 0 radical (unpaired) electrons. The average molecular weight is 342 g/mol. The summed E-state index contributed by atoms with van der Waals surface area (Å²) >= 11 is 0. The van der Waals surface area contributed by atoms with Crippen molar-refractivity contribution in [1.29, 1.82) is 0 Å². The van der Waals surface area contributed by atoms with Gasteiger partial charge >= 0.3 is 0 Å². The number of nitrogens with one attached hydrogen (secondary N) is 1. The summed E-state index contributed by atoms with van der Waals surface area (Å²) in [7, 11) is 0. The summed E-state index contributed by atoms with van der Waals surface area (Å²) in [6.45, 7) is 0.903. The first-order valence-electron chi connectivity index (χ1n) is 8.19. The molecule has 2 aliphatic rings. The van der Waals surface area contributed by atoms with Crippen molar-refractivity contribution >= 4 is 11.8 Å². The van der Waals surface area contributed by atoms with E-state index < -0.39 is 6.04 Å². The van der Waals surface area contributed by atoms with Gasteiger partial charge < -0.3 is 24.1 Å². The van der Waals surface area contributed by atoms with Crippen LogP contribution in [0.4, 0.5) is 0 Å².